The van der Waals surface area contributed by atoms with Crippen molar-refractivity contribution in [2.45, 2.75) is 12.1 Å². The lowest BCUT2D eigenvalue weighted by molar-refractivity contribution is -0.0171. The van der Waals surface area contributed by atoms with Gasteiger partial charge in [-0.3, -0.25) is 9.59 Å². The summed E-state index contributed by atoms with van der Waals surface area (Å²) in [4.78, 5) is 39.9. The number of carbonyl (C=O) groups is 2. The number of aromatic nitrogens is 1. The summed E-state index contributed by atoms with van der Waals surface area (Å²) in [5, 5.41) is 11.6. The molecule has 1 fully saturated rings. The van der Waals surface area contributed by atoms with E-state index in [1.165, 1.54) is 20.8 Å². The van der Waals surface area contributed by atoms with Gasteiger partial charge >= 0.3 is 6.09 Å². The van der Waals surface area contributed by atoms with Gasteiger partial charge in [0.2, 0.25) is 5.43 Å². The standard InChI is InChI=1S/C25H21N3O6/c29-20-9-10-27-22(23(20)30)24(31)26-11-12-33-14-21(26)28(27)25(32)34-13-19-17-7-3-1-5-15(17)16-6-2-4-8-18(16)19/h1-10,19,21,30H,11-14H2/t21-/m1/s1. The Balaban J connectivity index is 1.34. The number of morpholine rings is 1. The van der Waals surface area contributed by atoms with E-state index in [0.29, 0.717) is 6.61 Å². The van der Waals surface area contributed by atoms with Crippen LogP contribution in [0.3, 0.4) is 0 Å². The summed E-state index contributed by atoms with van der Waals surface area (Å²) in [5.41, 5.74) is 3.42. The maximum atomic E-state index is 13.4. The monoisotopic (exact) mass is 459 g/mol. The normalized spacial score (nSPS) is 18.7. The van der Waals surface area contributed by atoms with Crippen molar-refractivity contribution in [1.29, 1.82) is 0 Å². The van der Waals surface area contributed by atoms with Gasteiger partial charge in [-0.25, -0.2) is 9.47 Å². The summed E-state index contributed by atoms with van der Waals surface area (Å²) in [5.74, 6) is -1.37. The minimum absolute atomic E-state index is 0.0856. The predicted octanol–water partition coefficient (Wildman–Crippen LogP) is 2.25. The summed E-state index contributed by atoms with van der Waals surface area (Å²) in [6, 6.07) is 17.2. The molecule has 9 nitrogen and oxygen atoms in total. The molecule has 2 amide bonds. The smallest absolute Gasteiger partial charge is 0.431 e. The molecule has 6 rings (SSSR count). The van der Waals surface area contributed by atoms with Crippen LogP contribution in [-0.4, -0.2) is 59.2 Å². The highest BCUT2D eigenvalue weighted by molar-refractivity contribution is 5.98. The Labute approximate surface area is 194 Å². The number of benzene rings is 2. The molecule has 0 saturated carbocycles. The quantitative estimate of drug-likeness (QED) is 0.631. The van der Waals surface area contributed by atoms with E-state index in [1.807, 2.05) is 36.4 Å². The average molecular weight is 459 g/mol. The number of aromatic hydroxyl groups is 1. The molecule has 9 heteroatoms. The van der Waals surface area contributed by atoms with Crippen molar-refractivity contribution in [2.24, 2.45) is 0 Å². The highest BCUT2D eigenvalue weighted by Gasteiger charge is 2.45. The molecule has 3 aliphatic rings. The van der Waals surface area contributed by atoms with E-state index in [4.69, 9.17) is 9.47 Å². The molecular weight excluding hydrogens is 438 g/mol. The zero-order chi connectivity index (χ0) is 23.4. The van der Waals surface area contributed by atoms with E-state index < -0.39 is 29.3 Å². The first-order valence-electron chi connectivity index (χ1n) is 11.0. The Hall–Kier alpha value is -4.11. The van der Waals surface area contributed by atoms with Crippen molar-refractivity contribution in [3.63, 3.8) is 0 Å². The summed E-state index contributed by atoms with van der Waals surface area (Å²) >= 11 is 0. The first-order valence-corrected chi connectivity index (χ1v) is 11.0. The zero-order valence-electron chi connectivity index (χ0n) is 18.1. The summed E-state index contributed by atoms with van der Waals surface area (Å²) in [6.07, 6.45) is -0.173. The highest BCUT2D eigenvalue weighted by Crippen LogP contribution is 2.44. The molecule has 1 atom stereocenters. The number of rotatable bonds is 2. The van der Waals surface area contributed by atoms with Crippen molar-refractivity contribution >= 4 is 12.0 Å². The second-order valence-corrected chi connectivity index (χ2v) is 8.42. The Morgan fingerprint density at radius 3 is 2.41 bits per heavy atom. The third kappa shape index (κ3) is 2.94. The van der Waals surface area contributed by atoms with Gasteiger partial charge in [0.1, 0.15) is 6.61 Å². The molecule has 2 aromatic carbocycles. The lowest BCUT2D eigenvalue weighted by atomic mass is 9.98. The molecule has 1 N–H and O–H groups in total. The van der Waals surface area contributed by atoms with E-state index in [9.17, 15) is 19.5 Å². The molecule has 1 saturated heterocycles. The van der Waals surface area contributed by atoms with Crippen molar-refractivity contribution in [2.75, 3.05) is 31.4 Å². The molecular formula is C25H21N3O6. The van der Waals surface area contributed by atoms with Gasteiger partial charge in [0, 0.05) is 24.7 Å². The number of hydrogen-bond donors (Lipinski definition) is 1. The number of amides is 2. The predicted molar refractivity (Wildman–Crippen MR) is 121 cm³/mol. The Morgan fingerprint density at radius 2 is 1.71 bits per heavy atom. The molecule has 3 heterocycles. The molecule has 0 radical (unpaired) electrons. The van der Waals surface area contributed by atoms with E-state index >= 15 is 0 Å². The Morgan fingerprint density at radius 1 is 1.03 bits per heavy atom. The van der Waals surface area contributed by atoms with Crippen LogP contribution in [0.5, 0.6) is 5.75 Å². The van der Waals surface area contributed by atoms with Gasteiger partial charge in [0.05, 0.1) is 13.2 Å². The minimum Gasteiger partial charge on any atom is -0.502 e. The molecule has 2 aliphatic heterocycles. The van der Waals surface area contributed by atoms with E-state index in [-0.39, 0.29) is 31.4 Å². The molecule has 0 unspecified atom stereocenters. The van der Waals surface area contributed by atoms with Crippen LogP contribution in [0.4, 0.5) is 4.79 Å². The third-order valence-electron chi connectivity index (χ3n) is 6.66. The largest absolute Gasteiger partial charge is 0.502 e. The number of pyridine rings is 1. The molecule has 3 aromatic rings. The van der Waals surface area contributed by atoms with Crippen LogP contribution in [0, 0.1) is 0 Å². The average Bonchev–Trinajstić information content (AvgIpc) is 3.19. The molecule has 1 aliphatic carbocycles. The summed E-state index contributed by atoms with van der Waals surface area (Å²) in [7, 11) is 0. The fraction of sp³-hybridized carbons (Fsp3) is 0.240. The number of ether oxygens (including phenoxy) is 2. The topological polar surface area (TPSA) is 101 Å². The van der Waals surface area contributed by atoms with Crippen LogP contribution in [0.15, 0.2) is 65.6 Å². The van der Waals surface area contributed by atoms with E-state index in [2.05, 4.69) is 12.1 Å². The highest BCUT2D eigenvalue weighted by atomic mass is 16.6. The van der Waals surface area contributed by atoms with Crippen LogP contribution in [-0.2, 0) is 9.47 Å². The third-order valence-corrected chi connectivity index (χ3v) is 6.66. The number of carbonyl (C=O) groups excluding carboxylic acids is 2. The SMILES string of the molecule is O=C1c2c(O)c(=O)ccn2N(C(=O)OCC2c3ccccc3-c3ccccc32)[C@@H]2COCCN12. The Bertz CT molecular complexity index is 1340. The van der Waals surface area contributed by atoms with Crippen molar-refractivity contribution in [3.05, 3.63) is 87.8 Å². The molecule has 1 aromatic heterocycles. The van der Waals surface area contributed by atoms with Gasteiger partial charge < -0.3 is 19.5 Å². The molecule has 0 spiro atoms. The van der Waals surface area contributed by atoms with Crippen LogP contribution >= 0.6 is 0 Å². The molecule has 34 heavy (non-hydrogen) atoms. The van der Waals surface area contributed by atoms with Crippen molar-refractivity contribution in [3.8, 4) is 16.9 Å². The zero-order valence-corrected chi connectivity index (χ0v) is 18.1. The summed E-state index contributed by atoms with van der Waals surface area (Å²) < 4.78 is 12.5. The first-order chi connectivity index (χ1) is 16.6. The first kappa shape index (κ1) is 20.5. The van der Waals surface area contributed by atoms with Crippen molar-refractivity contribution < 1.29 is 24.2 Å². The van der Waals surface area contributed by atoms with Crippen LogP contribution in [0.2, 0.25) is 0 Å². The molecule has 0 bridgehead atoms. The van der Waals surface area contributed by atoms with Gasteiger partial charge in [0.25, 0.3) is 5.91 Å². The number of fused-ring (bicyclic) bond motifs is 5. The number of hydrogen-bond acceptors (Lipinski definition) is 6. The lowest BCUT2D eigenvalue weighted by Gasteiger charge is -2.46. The van der Waals surface area contributed by atoms with Crippen LogP contribution < -0.4 is 10.4 Å². The lowest BCUT2D eigenvalue weighted by Crippen LogP contribution is -2.67. The fourth-order valence-electron chi connectivity index (χ4n) is 5.08. The number of nitrogens with zero attached hydrogens (tertiary/aromatic N) is 3. The second kappa shape index (κ2) is 7.74. The van der Waals surface area contributed by atoms with Gasteiger partial charge in [0.15, 0.2) is 17.6 Å². The van der Waals surface area contributed by atoms with Gasteiger partial charge in [-0.15, -0.1) is 0 Å². The maximum Gasteiger partial charge on any atom is 0.431 e. The fourth-order valence-corrected chi connectivity index (χ4v) is 5.08. The second-order valence-electron chi connectivity index (χ2n) is 8.42. The van der Waals surface area contributed by atoms with Gasteiger partial charge in [-0.05, 0) is 22.3 Å². The van der Waals surface area contributed by atoms with E-state index in [0.717, 1.165) is 28.3 Å². The minimum atomic E-state index is -0.758. The van der Waals surface area contributed by atoms with Gasteiger partial charge in [-0.2, -0.15) is 5.01 Å². The Kier molecular flexibility index (Phi) is 4.66. The van der Waals surface area contributed by atoms with E-state index in [1.54, 1.807) is 0 Å². The van der Waals surface area contributed by atoms with Crippen LogP contribution in [0.1, 0.15) is 27.5 Å². The maximum absolute atomic E-state index is 13.4. The summed E-state index contributed by atoms with van der Waals surface area (Å²) in [6.45, 7) is 0.687. The van der Waals surface area contributed by atoms with Gasteiger partial charge in [-0.1, -0.05) is 48.5 Å². The molecule has 172 valence electrons. The van der Waals surface area contributed by atoms with Crippen LogP contribution in [0.25, 0.3) is 11.1 Å². The van der Waals surface area contributed by atoms with Crippen molar-refractivity contribution in [1.82, 2.24) is 9.58 Å².